The number of hydrogen-bond acceptors (Lipinski definition) is 7. The Labute approximate surface area is 134 Å². The Morgan fingerprint density at radius 2 is 0.818 bits per heavy atom. The molecule has 0 aliphatic heterocycles. The van der Waals surface area contributed by atoms with Crippen molar-refractivity contribution in [1.29, 1.82) is 0 Å². The van der Waals surface area contributed by atoms with E-state index in [0.29, 0.717) is 19.8 Å². The lowest BCUT2D eigenvalue weighted by molar-refractivity contribution is -0.273. The van der Waals surface area contributed by atoms with Gasteiger partial charge >= 0.3 is 0 Å². The lowest BCUT2D eigenvalue weighted by Crippen LogP contribution is -2.28. The topological polar surface area (TPSA) is 58.6 Å². The monoisotopic (exact) mass is 323 g/mol. The summed E-state index contributed by atoms with van der Waals surface area (Å²) in [6.45, 7) is 5.16. The van der Waals surface area contributed by atoms with Gasteiger partial charge in [-0.25, -0.2) is 29.3 Å². The van der Waals surface area contributed by atoms with E-state index in [1.54, 1.807) is 0 Å². The van der Waals surface area contributed by atoms with Gasteiger partial charge in [0.25, 0.3) is 0 Å². The van der Waals surface area contributed by atoms with Gasteiger partial charge in [0.2, 0.25) is 0 Å². The molecule has 0 aliphatic carbocycles. The van der Waals surface area contributed by atoms with Gasteiger partial charge in [-0.15, -0.1) is 0 Å². The molecule has 0 unspecified atom stereocenters. The molecule has 0 spiro atoms. The van der Waals surface area contributed by atoms with Crippen molar-refractivity contribution in [3.63, 3.8) is 0 Å². The zero-order valence-electron chi connectivity index (χ0n) is 14.4. The van der Waals surface area contributed by atoms with Crippen LogP contribution in [-0.2, 0) is 29.3 Å². The second-order valence-electron chi connectivity index (χ2n) is 4.93. The number of rotatable bonds is 18. The van der Waals surface area contributed by atoms with E-state index in [2.05, 4.69) is 19.6 Å². The smallest absolute Gasteiger partial charge is 0.0822 e. The minimum atomic E-state index is 0.647. The highest BCUT2D eigenvalue weighted by Crippen LogP contribution is 2.03. The molecule has 0 heterocycles. The summed E-state index contributed by atoms with van der Waals surface area (Å²) in [7, 11) is 4.61. The third-order valence-corrected chi connectivity index (χ3v) is 3.21. The van der Waals surface area contributed by atoms with E-state index < -0.39 is 0 Å². The van der Waals surface area contributed by atoms with E-state index in [0.717, 1.165) is 58.2 Å². The van der Waals surface area contributed by atoms with Crippen LogP contribution in [0, 0.1) is 0 Å². The van der Waals surface area contributed by atoms with Crippen LogP contribution in [-0.4, -0.2) is 65.7 Å². The van der Waals surface area contributed by atoms with E-state index in [1.807, 2.05) is 0 Å². The Morgan fingerprint density at radius 3 is 1.09 bits per heavy atom. The largest absolute Gasteiger partial charge is 0.303 e. The van der Waals surface area contributed by atoms with E-state index in [9.17, 15) is 0 Å². The molecule has 0 saturated heterocycles. The molecular formula is C15H33NO6. The van der Waals surface area contributed by atoms with Crippen LogP contribution in [0.3, 0.4) is 0 Å². The Kier molecular flexibility index (Phi) is 18.5. The van der Waals surface area contributed by atoms with Gasteiger partial charge < -0.3 is 4.90 Å². The standard InChI is InChI=1S/C15H33NO6/c1-17-20-13-7-4-10-16(11-5-8-14-21-18-2)12-6-9-15-22-19-3/h4-15H2,1-3H3. The van der Waals surface area contributed by atoms with Gasteiger partial charge in [0.15, 0.2) is 0 Å². The maximum absolute atomic E-state index is 4.89. The van der Waals surface area contributed by atoms with Crippen molar-refractivity contribution in [3.8, 4) is 0 Å². The van der Waals surface area contributed by atoms with Gasteiger partial charge in [0, 0.05) is 0 Å². The summed E-state index contributed by atoms with van der Waals surface area (Å²) in [6.07, 6.45) is 6.32. The highest BCUT2D eigenvalue weighted by atomic mass is 17.2. The summed E-state index contributed by atoms with van der Waals surface area (Å²) >= 11 is 0. The predicted octanol–water partition coefficient (Wildman–Crippen LogP) is 2.36. The fourth-order valence-electron chi connectivity index (χ4n) is 2.07. The van der Waals surface area contributed by atoms with Crippen LogP contribution in [0.25, 0.3) is 0 Å². The summed E-state index contributed by atoms with van der Waals surface area (Å²) in [5, 5.41) is 0. The first kappa shape index (κ1) is 21.7. The Morgan fingerprint density at radius 1 is 0.500 bits per heavy atom. The van der Waals surface area contributed by atoms with Crippen molar-refractivity contribution in [3.05, 3.63) is 0 Å². The van der Waals surface area contributed by atoms with Gasteiger partial charge in [-0.1, -0.05) is 0 Å². The van der Waals surface area contributed by atoms with Gasteiger partial charge in [0.05, 0.1) is 41.2 Å². The Hall–Kier alpha value is -0.280. The number of nitrogens with zero attached hydrogens (tertiary/aromatic N) is 1. The van der Waals surface area contributed by atoms with Gasteiger partial charge in [0.1, 0.15) is 0 Å². The first-order chi connectivity index (χ1) is 10.8. The molecule has 0 saturated carbocycles. The van der Waals surface area contributed by atoms with Crippen LogP contribution < -0.4 is 0 Å². The van der Waals surface area contributed by atoms with E-state index >= 15 is 0 Å². The minimum absolute atomic E-state index is 0.647. The molecule has 0 amide bonds. The molecule has 0 aromatic rings. The molecular weight excluding hydrogens is 290 g/mol. The van der Waals surface area contributed by atoms with Crippen LogP contribution >= 0.6 is 0 Å². The quantitative estimate of drug-likeness (QED) is 0.218. The van der Waals surface area contributed by atoms with Gasteiger partial charge in [-0.3, -0.25) is 0 Å². The first-order valence-corrected chi connectivity index (χ1v) is 8.04. The zero-order valence-corrected chi connectivity index (χ0v) is 14.4. The average molecular weight is 323 g/mol. The van der Waals surface area contributed by atoms with Crippen LogP contribution in [0.1, 0.15) is 38.5 Å². The first-order valence-electron chi connectivity index (χ1n) is 8.04. The summed E-state index contributed by atoms with van der Waals surface area (Å²) in [5.41, 5.74) is 0. The second kappa shape index (κ2) is 18.8. The molecule has 134 valence electrons. The molecule has 0 aromatic heterocycles. The van der Waals surface area contributed by atoms with Crippen molar-refractivity contribution >= 4 is 0 Å². The van der Waals surface area contributed by atoms with E-state index in [1.165, 1.54) is 21.3 Å². The highest BCUT2D eigenvalue weighted by Gasteiger charge is 2.05. The summed E-state index contributed by atoms with van der Waals surface area (Å²) in [5.74, 6) is 0. The summed E-state index contributed by atoms with van der Waals surface area (Å²) in [4.78, 5) is 30.9. The Bertz CT molecular complexity index is 175. The maximum atomic E-state index is 4.89. The predicted molar refractivity (Wildman–Crippen MR) is 83.0 cm³/mol. The average Bonchev–Trinajstić information content (AvgIpc) is 2.53. The second-order valence-corrected chi connectivity index (χ2v) is 4.93. The molecule has 0 aliphatic rings. The normalized spacial score (nSPS) is 11.5. The Balaban J connectivity index is 3.72. The maximum Gasteiger partial charge on any atom is 0.0822 e. The SMILES string of the molecule is COOCCCCN(CCCCOOC)CCCCOOC. The molecule has 0 fully saturated rings. The van der Waals surface area contributed by atoms with Crippen molar-refractivity contribution in [2.75, 3.05) is 60.8 Å². The van der Waals surface area contributed by atoms with Gasteiger partial charge in [-0.05, 0) is 58.2 Å². The number of hydrogen-bond donors (Lipinski definition) is 0. The summed E-state index contributed by atoms with van der Waals surface area (Å²) < 4.78 is 0. The van der Waals surface area contributed by atoms with E-state index in [-0.39, 0.29) is 0 Å². The summed E-state index contributed by atoms with van der Waals surface area (Å²) in [6, 6.07) is 0. The fourth-order valence-corrected chi connectivity index (χ4v) is 2.07. The number of unbranched alkanes of at least 4 members (excludes halogenated alkanes) is 3. The molecule has 0 aromatic carbocycles. The minimum Gasteiger partial charge on any atom is -0.303 e. The molecule has 7 nitrogen and oxygen atoms in total. The van der Waals surface area contributed by atoms with E-state index in [4.69, 9.17) is 14.7 Å². The lowest BCUT2D eigenvalue weighted by Gasteiger charge is -2.22. The molecule has 0 N–H and O–H groups in total. The van der Waals surface area contributed by atoms with Crippen LogP contribution in [0.5, 0.6) is 0 Å². The highest BCUT2D eigenvalue weighted by molar-refractivity contribution is 4.59. The van der Waals surface area contributed by atoms with Crippen molar-refractivity contribution in [2.45, 2.75) is 38.5 Å². The molecule has 0 rings (SSSR count). The van der Waals surface area contributed by atoms with Crippen LogP contribution in [0.2, 0.25) is 0 Å². The van der Waals surface area contributed by atoms with Gasteiger partial charge in [-0.2, -0.15) is 0 Å². The lowest BCUT2D eigenvalue weighted by atomic mass is 10.2. The van der Waals surface area contributed by atoms with Crippen molar-refractivity contribution in [1.82, 2.24) is 4.90 Å². The van der Waals surface area contributed by atoms with Crippen LogP contribution in [0.15, 0.2) is 0 Å². The third-order valence-electron chi connectivity index (χ3n) is 3.21. The van der Waals surface area contributed by atoms with Crippen LogP contribution in [0.4, 0.5) is 0 Å². The molecule has 0 radical (unpaired) electrons. The molecule has 0 atom stereocenters. The molecule has 0 bridgehead atoms. The fraction of sp³-hybridized carbons (Fsp3) is 1.00. The zero-order chi connectivity index (χ0) is 16.3. The molecule has 22 heavy (non-hydrogen) atoms. The molecule has 7 heteroatoms. The van der Waals surface area contributed by atoms with Crippen molar-refractivity contribution in [2.24, 2.45) is 0 Å². The van der Waals surface area contributed by atoms with Crippen molar-refractivity contribution < 1.29 is 29.3 Å². The third kappa shape index (κ3) is 16.1.